The van der Waals surface area contributed by atoms with Gasteiger partial charge >= 0.3 is 11.8 Å². The number of aliphatic hydroxyl groups is 1. The molecule has 1 aliphatic rings. The number of carbonyl (C=O) groups is 2. The molecule has 1 unspecified atom stereocenters. The lowest BCUT2D eigenvalue weighted by Gasteiger charge is -2.19. The van der Waals surface area contributed by atoms with Crippen LogP contribution in [0.5, 0.6) is 0 Å². The van der Waals surface area contributed by atoms with E-state index in [2.05, 4.69) is 15.6 Å². The number of guanidine groups is 1. The van der Waals surface area contributed by atoms with Crippen LogP contribution in [0.25, 0.3) is 0 Å². The number of hydrogen-bond donors (Lipinski definition) is 3. The van der Waals surface area contributed by atoms with Crippen molar-refractivity contribution in [1.29, 1.82) is 0 Å². The second-order valence-corrected chi connectivity index (χ2v) is 3.82. The van der Waals surface area contributed by atoms with E-state index in [1.165, 1.54) is 0 Å². The topological polar surface area (TPSA) is 90.8 Å². The van der Waals surface area contributed by atoms with Crippen LogP contribution in [0.15, 0.2) is 4.99 Å². The van der Waals surface area contributed by atoms with Crippen molar-refractivity contribution in [3.8, 4) is 0 Å². The fourth-order valence-electron chi connectivity index (χ4n) is 1.31. The Morgan fingerprint density at radius 3 is 2.33 bits per heavy atom. The van der Waals surface area contributed by atoms with Crippen molar-refractivity contribution < 1.29 is 14.7 Å². The number of rotatable bonds is 4. The van der Waals surface area contributed by atoms with Gasteiger partial charge in [-0.1, -0.05) is 13.3 Å². The number of amides is 2. The highest BCUT2D eigenvalue weighted by molar-refractivity contribution is 6.45. The lowest BCUT2D eigenvalue weighted by atomic mass is 10.0. The predicted octanol–water partition coefficient (Wildman–Crippen LogP) is -0.860. The zero-order chi connectivity index (χ0) is 11.5. The van der Waals surface area contributed by atoms with Gasteiger partial charge in [0.15, 0.2) is 0 Å². The maximum absolute atomic E-state index is 10.8. The summed E-state index contributed by atoms with van der Waals surface area (Å²) in [6, 6.07) is 0. The molecule has 84 valence electrons. The molecule has 6 heteroatoms. The van der Waals surface area contributed by atoms with E-state index in [9.17, 15) is 14.7 Å². The third-order valence-corrected chi connectivity index (χ3v) is 2.04. The Morgan fingerprint density at radius 1 is 1.33 bits per heavy atom. The van der Waals surface area contributed by atoms with Crippen molar-refractivity contribution in [1.82, 2.24) is 10.6 Å². The SMILES string of the molecule is CCCC(C)(O)CN=C1NC(=O)C(=O)N1. The molecule has 2 amide bonds. The van der Waals surface area contributed by atoms with Crippen molar-refractivity contribution in [3.05, 3.63) is 0 Å². The predicted molar refractivity (Wildman–Crippen MR) is 54.1 cm³/mol. The van der Waals surface area contributed by atoms with Gasteiger partial charge in [-0.25, -0.2) is 4.99 Å². The van der Waals surface area contributed by atoms with E-state index in [-0.39, 0.29) is 12.5 Å². The molecule has 1 atom stereocenters. The van der Waals surface area contributed by atoms with Crippen LogP contribution >= 0.6 is 0 Å². The number of carbonyl (C=O) groups excluding carboxylic acids is 2. The van der Waals surface area contributed by atoms with Crippen molar-refractivity contribution in [2.24, 2.45) is 4.99 Å². The smallest absolute Gasteiger partial charge is 0.316 e. The minimum absolute atomic E-state index is 0.112. The first-order chi connectivity index (χ1) is 6.94. The lowest BCUT2D eigenvalue weighted by Crippen LogP contribution is -2.32. The molecule has 0 aromatic heterocycles. The fourth-order valence-corrected chi connectivity index (χ4v) is 1.31. The normalized spacial score (nSPS) is 19.5. The Balaban J connectivity index is 2.52. The van der Waals surface area contributed by atoms with Gasteiger partial charge in [-0.3, -0.25) is 20.2 Å². The summed E-state index contributed by atoms with van der Waals surface area (Å²) in [6.45, 7) is 3.77. The molecule has 0 saturated carbocycles. The molecule has 1 rings (SSSR count). The van der Waals surface area contributed by atoms with Gasteiger partial charge in [-0.15, -0.1) is 0 Å². The Hall–Kier alpha value is -1.43. The Morgan fingerprint density at radius 2 is 1.87 bits per heavy atom. The highest BCUT2D eigenvalue weighted by Gasteiger charge is 2.26. The first-order valence-corrected chi connectivity index (χ1v) is 4.84. The molecule has 1 heterocycles. The molecule has 0 spiro atoms. The fraction of sp³-hybridized carbons (Fsp3) is 0.667. The lowest BCUT2D eigenvalue weighted by molar-refractivity contribution is -0.135. The van der Waals surface area contributed by atoms with Crippen LogP contribution in [0.3, 0.4) is 0 Å². The van der Waals surface area contributed by atoms with Crippen molar-refractivity contribution in [2.75, 3.05) is 6.54 Å². The Bertz CT molecular complexity index is 292. The van der Waals surface area contributed by atoms with Crippen LogP contribution in [-0.4, -0.2) is 35.0 Å². The Labute approximate surface area is 87.8 Å². The zero-order valence-electron chi connectivity index (χ0n) is 8.83. The highest BCUT2D eigenvalue weighted by atomic mass is 16.3. The minimum atomic E-state index is -0.903. The molecule has 0 aromatic carbocycles. The maximum Gasteiger partial charge on any atom is 0.316 e. The molecule has 0 aromatic rings. The summed E-state index contributed by atoms with van der Waals surface area (Å²) in [5, 5.41) is 14.3. The molecule has 1 saturated heterocycles. The van der Waals surface area contributed by atoms with Gasteiger partial charge in [0.1, 0.15) is 0 Å². The summed E-state index contributed by atoms with van der Waals surface area (Å²) in [4.78, 5) is 25.5. The van der Waals surface area contributed by atoms with E-state index in [1.807, 2.05) is 6.92 Å². The van der Waals surface area contributed by atoms with Crippen LogP contribution in [-0.2, 0) is 9.59 Å². The molecule has 1 fully saturated rings. The molecule has 0 radical (unpaired) electrons. The molecule has 6 nitrogen and oxygen atoms in total. The quantitative estimate of drug-likeness (QED) is 0.531. The largest absolute Gasteiger partial charge is 0.388 e. The van der Waals surface area contributed by atoms with Gasteiger partial charge in [-0.2, -0.15) is 0 Å². The first-order valence-electron chi connectivity index (χ1n) is 4.84. The summed E-state index contributed by atoms with van der Waals surface area (Å²) in [5.41, 5.74) is -0.903. The molecule has 0 aliphatic carbocycles. The third kappa shape index (κ3) is 3.32. The van der Waals surface area contributed by atoms with Crippen LogP contribution in [0.2, 0.25) is 0 Å². The number of nitrogens with one attached hydrogen (secondary N) is 2. The molecule has 15 heavy (non-hydrogen) atoms. The van der Waals surface area contributed by atoms with Gasteiger partial charge in [0.05, 0.1) is 12.1 Å². The number of nitrogens with zero attached hydrogens (tertiary/aromatic N) is 1. The monoisotopic (exact) mass is 213 g/mol. The average molecular weight is 213 g/mol. The molecular formula is C9H15N3O3. The molecular weight excluding hydrogens is 198 g/mol. The number of aliphatic imine (C=N–C) groups is 1. The van der Waals surface area contributed by atoms with Crippen molar-refractivity contribution in [3.63, 3.8) is 0 Å². The van der Waals surface area contributed by atoms with E-state index >= 15 is 0 Å². The van der Waals surface area contributed by atoms with Gasteiger partial charge < -0.3 is 5.11 Å². The van der Waals surface area contributed by atoms with Gasteiger partial charge in [-0.05, 0) is 13.3 Å². The van der Waals surface area contributed by atoms with Gasteiger partial charge in [0, 0.05) is 0 Å². The second-order valence-electron chi connectivity index (χ2n) is 3.82. The van der Waals surface area contributed by atoms with E-state index < -0.39 is 17.4 Å². The van der Waals surface area contributed by atoms with Crippen LogP contribution in [0, 0.1) is 0 Å². The summed E-state index contributed by atoms with van der Waals surface area (Å²) in [6.07, 6.45) is 1.46. The van der Waals surface area contributed by atoms with E-state index in [1.54, 1.807) is 6.92 Å². The molecule has 0 bridgehead atoms. The second kappa shape index (κ2) is 4.39. The standard InChI is InChI=1S/C9H15N3O3/c1-3-4-9(2,15)5-10-8-11-6(13)7(14)12-8/h15H,3-5H2,1-2H3,(H2,10,11,12,13,14). The first kappa shape index (κ1) is 11.6. The Kier molecular flexibility index (Phi) is 3.41. The van der Waals surface area contributed by atoms with E-state index in [4.69, 9.17) is 0 Å². The summed E-state index contributed by atoms with van der Waals surface area (Å²) < 4.78 is 0. The van der Waals surface area contributed by atoms with Crippen LogP contribution in [0.4, 0.5) is 0 Å². The maximum atomic E-state index is 10.8. The number of hydrogen-bond acceptors (Lipinski definition) is 4. The average Bonchev–Trinajstić information content (AvgIpc) is 2.44. The summed E-state index contributed by atoms with van der Waals surface area (Å²) in [5.74, 6) is -1.32. The zero-order valence-corrected chi connectivity index (χ0v) is 8.83. The van der Waals surface area contributed by atoms with Crippen molar-refractivity contribution in [2.45, 2.75) is 32.3 Å². The van der Waals surface area contributed by atoms with Gasteiger partial charge in [0.2, 0.25) is 5.96 Å². The van der Waals surface area contributed by atoms with E-state index in [0.717, 1.165) is 6.42 Å². The molecule has 1 aliphatic heterocycles. The van der Waals surface area contributed by atoms with Gasteiger partial charge in [0.25, 0.3) is 0 Å². The van der Waals surface area contributed by atoms with Crippen LogP contribution < -0.4 is 10.6 Å². The third-order valence-electron chi connectivity index (χ3n) is 2.04. The molecule has 3 N–H and O–H groups in total. The minimum Gasteiger partial charge on any atom is -0.388 e. The summed E-state index contributed by atoms with van der Waals surface area (Å²) in [7, 11) is 0. The van der Waals surface area contributed by atoms with Crippen molar-refractivity contribution >= 4 is 17.8 Å². The van der Waals surface area contributed by atoms with E-state index in [0.29, 0.717) is 6.42 Å². The summed E-state index contributed by atoms with van der Waals surface area (Å²) >= 11 is 0. The van der Waals surface area contributed by atoms with Crippen LogP contribution in [0.1, 0.15) is 26.7 Å². The highest BCUT2D eigenvalue weighted by Crippen LogP contribution is 2.11.